The Morgan fingerprint density at radius 1 is 1.04 bits per heavy atom. The maximum absolute atomic E-state index is 12.4. The van der Waals surface area contributed by atoms with Gasteiger partial charge >= 0.3 is 0 Å². The molecule has 0 unspecified atom stereocenters. The maximum Gasteiger partial charge on any atom is 0.230 e. The molecule has 1 amide bonds. The normalized spacial score (nSPS) is 12.1. The molecular formula is C23H26N2O2S. The van der Waals surface area contributed by atoms with Gasteiger partial charge < -0.3 is 15.0 Å². The number of methoxy groups -OCH3 is 1. The molecule has 0 aliphatic rings. The van der Waals surface area contributed by atoms with Gasteiger partial charge in [0.1, 0.15) is 5.75 Å². The van der Waals surface area contributed by atoms with Gasteiger partial charge in [0.2, 0.25) is 5.91 Å². The molecule has 0 radical (unpaired) electrons. The summed E-state index contributed by atoms with van der Waals surface area (Å²) in [6.07, 6.45) is 0. The van der Waals surface area contributed by atoms with Crippen LogP contribution in [0.5, 0.6) is 5.75 Å². The fourth-order valence-electron chi connectivity index (χ4n) is 3.18. The average molecular weight is 395 g/mol. The van der Waals surface area contributed by atoms with Crippen molar-refractivity contribution in [1.29, 1.82) is 0 Å². The predicted octanol–water partition coefficient (Wildman–Crippen LogP) is 4.36. The molecule has 0 saturated carbocycles. The van der Waals surface area contributed by atoms with Gasteiger partial charge in [-0.05, 0) is 43.1 Å². The highest BCUT2D eigenvalue weighted by atomic mass is 32.2. The number of hydrogen-bond acceptors (Lipinski definition) is 4. The van der Waals surface area contributed by atoms with Crippen molar-refractivity contribution in [2.45, 2.75) is 10.9 Å². The van der Waals surface area contributed by atoms with Crippen molar-refractivity contribution in [3.63, 3.8) is 0 Å². The van der Waals surface area contributed by atoms with Crippen molar-refractivity contribution >= 4 is 28.4 Å². The molecule has 3 aromatic rings. The Morgan fingerprint density at radius 3 is 2.50 bits per heavy atom. The van der Waals surface area contributed by atoms with E-state index in [0.29, 0.717) is 12.3 Å². The average Bonchev–Trinajstić information content (AvgIpc) is 2.72. The number of likely N-dealkylation sites (N-methyl/N-ethyl adjacent to an activating group) is 1. The van der Waals surface area contributed by atoms with E-state index < -0.39 is 0 Å². The van der Waals surface area contributed by atoms with Crippen LogP contribution in [-0.2, 0) is 4.79 Å². The van der Waals surface area contributed by atoms with Crippen LogP contribution in [0.2, 0.25) is 0 Å². The molecule has 0 aliphatic heterocycles. The monoisotopic (exact) mass is 394 g/mol. The molecule has 1 N–H and O–H groups in total. The fourth-order valence-corrected chi connectivity index (χ4v) is 3.95. The number of ether oxygens (including phenoxy) is 1. The van der Waals surface area contributed by atoms with Crippen LogP contribution in [0.15, 0.2) is 71.6 Å². The SMILES string of the molecule is COc1ccccc1[C@@H](CNC(=O)CSc1ccc2ccccc2c1)N(C)C. The number of nitrogens with zero attached hydrogens (tertiary/aromatic N) is 1. The van der Waals surface area contributed by atoms with E-state index in [2.05, 4.69) is 40.5 Å². The lowest BCUT2D eigenvalue weighted by Gasteiger charge is -2.26. The first kappa shape index (κ1) is 20.2. The molecule has 0 spiro atoms. The number of carbonyl (C=O) groups excluding carboxylic acids is 1. The van der Waals surface area contributed by atoms with Gasteiger partial charge in [0, 0.05) is 17.0 Å². The second-order valence-corrected chi connectivity index (χ2v) is 7.87. The minimum Gasteiger partial charge on any atom is -0.496 e. The molecule has 28 heavy (non-hydrogen) atoms. The van der Waals surface area contributed by atoms with Crippen molar-refractivity contribution in [1.82, 2.24) is 10.2 Å². The molecule has 4 nitrogen and oxygen atoms in total. The lowest BCUT2D eigenvalue weighted by Crippen LogP contribution is -2.35. The van der Waals surface area contributed by atoms with Crippen LogP contribution in [0.3, 0.4) is 0 Å². The third kappa shape index (κ3) is 5.06. The zero-order chi connectivity index (χ0) is 19.9. The smallest absolute Gasteiger partial charge is 0.230 e. The van der Waals surface area contributed by atoms with E-state index >= 15 is 0 Å². The number of nitrogens with one attached hydrogen (secondary N) is 1. The van der Waals surface area contributed by atoms with Gasteiger partial charge in [-0.1, -0.05) is 48.5 Å². The third-order valence-electron chi connectivity index (χ3n) is 4.70. The number of hydrogen-bond donors (Lipinski definition) is 1. The number of benzene rings is 3. The van der Waals surface area contributed by atoms with E-state index in [1.165, 1.54) is 10.8 Å². The summed E-state index contributed by atoms with van der Waals surface area (Å²) in [4.78, 5) is 15.6. The summed E-state index contributed by atoms with van der Waals surface area (Å²) in [6.45, 7) is 0.532. The van der Waals surface area contributed by atoms with Crippen LogP contribution >= 0.6 is 11.8 Å². The van der Waals surface area contributed by atoms with Gasteiger partial charge in [-0.2, -0.15) is 0 Å². The Labute approximate surface area is 170 Å². The summed E-state index contributed by atoms with van der Waals surface area (Å²) in [6, 6.07) is 22.5. The van der Waals surface area contributed by atoms with E-state index in [9.17, 15) is 4.79 Å². The lowest BCUT2D eigenvalue weighted by atomic mass is 10.0. The third-order valence-corrected chi connectivity index (χ3v) is 5.70. The van der Waals surface area contributed by atoms with E-state index in [1.54, 1.807) is 18.9 Å². The van der Waals surface area contributed by atoms with Gasteiger partial charge in [0.25, 0.3) is 0 Å². The Morgan fingerprint density at radius 2 is 1.75 bits per heavy atom. The summed E-state index contributed by atoms with van der Waals surface area (Å²) in [5.41, 5.74) is 1.07. The molecule has 5 heteroatoms. The number of rotatable bonds is 8. The molecule has 0 saturated heterocycles. The molecule has 0 aliphatic carbocycles. The molecule has 146 valence electrons. The van der Waals surface area contributed by atoms with Crippen LogP contribution in [-0.4, -0.2) is 44.3 Å². The van der Waals surface area contributed by atoms with Crippen molar-refractivity contribution in [2.75, 3.05) is 33.5 Å². The van der Waals surface area contributed by atoms with Crippen LogP contribution in [0.25, 0.3) is 10.8 Å². The molecular weight excluding hydrogens is 368 g/mol. The van der Waals surface area contributed by atoms with E-state index in [-0.39, 0.29) is 11.9 Å². The largest absolute Gasteiger partial charge is 0.496 e. The second kappa shape index (κ2) is 9.62. The van der Waals surface area contributed by atoms with Crippen LogP contribution in [0.4, 0.5) is 0 Å². The van der Waals surface area contributed by atoms with Gasteiger partial charge in [-0.15, -0.1) is 11.8 Å². The molecule has 0 aromatic heterocycles. The summed E-state index contributed by atoms with van der Waals surface area (Å²) in [7, 11) is 5.69. The molecule has 1 atom stereocenters. The summed E-state index contributed by atoms with van der Waals surface area (Å²) >= 11 is 1.56. The Kier molecular flexibility index (Phi) is 6.95. The second-order valence-electron chi connectivity index (χ2n) is 6.82. The van der Waals surface area contributed by atoms with Crippen LogP contribution in [0.1, 0.15) is 11.6 Å². The van der Waals surface area contributed by atoms with Crippen LogP contribution in [0, 0.1) is 0 Å². The van der Waals surface area contributed by atoms with E-state index in [1.807, 2.05) is 50.5 Å². The Hall–Kier alpha value is -2.50. The van der Waals surface area contributed by atoms with Crippen molar-refractivity contribution in [2.24, 2.45) is 0 Å². The fraction of sp³-hybridized carbons (Fsp3) is 0.261. The van der Waals surface area contributed by atoms with Crippen molar-refractivity contribution < 1.29 is 9.53 Å². The molecule has 0 fully saturated rings. The first-order chi connectivity index (χ1) is 13.6. The molecule has 3 aromatic carbocycles. The molecule has 0 heterocycles. The Balaban J connectivity index is 1.58. The number of thioether (sulfide) groups is 1. The minimum absolute atomic E-state index is 0.0277. The summed E-state index contributed by atoms with van der Waals surface area (Å²) in [5, 5.41) is 5.47. The number of amides is 1. The molecule has 0 bridgehead atoms. The predicted molar refractivity (Wildman–Crippen MR) is 117 cm³/mol. The maximum atomic E-state index is 12.4. The summed E-state index contributed by atoms with van der Waals surface area (Å²) < 4.78 is 5.48. The highest BCUT2D eigenvalue weighted by Gasteiger charge is 2.19. The van der Waals surface area contributed by atoms with E-state index in [0.717, 1.165) is 16.2 Å². The summed E-state index contributed by atoms with van der Waals surface area (Å²) in [5.74, 6) is 1.26. The molecule has 3 rings (SSSR count). The Bertz CT molecular complexity index is 943. The number of carbonyl (C=O) groups is 1. The van der Waals surface area contributed by atoms with Gasteiger partial charge in [-0.25, -0.2) is 0 Å². The minimum atomic E-state index is 0.0277. The zero-order valence-corrected chi connectivity index (χ0v) is 17.3. The lowest BCUT2D eigenvalue weighted by molar-refractivity contribution is -0.118. The van der Waals surface area contributed by atoms with Crippen LogP contribution < -0.4 is 10.1 Å². The quantitative estimate of drug-likeness (QED) is 0.577. The standard InChI is InChI=1S/C23H26N2O2S/c1-25(2)21(20-10-6-7-11-22(20)27-3)15-24-23(26)16-28-19-13-12-17-8-4-5-9-18(17)14-19/h4-14,21H,15-16H2,1-3H3,(H,24,26)/t21-/m1/s1. The van der Waals surface area contributed by atoms with Gasteiger partial charge in [0.15, 0.2) is 0 Å². The van der Waals surface area contributed by atoms with Crippen molar-refractivity contribution in [3.8, 4) is 5.75 Å². The first-order valence-corrected chi connectivity index (χ1v) is 10.2. The van der Waals surface area contributed by atoms with Crippen molar-refractivity contribution in [3.05, 3.63) is 72.3 Å². The zero-order valence-electron chi connectivity index (χ0n) is 16.5. The highest BCUT2D eigenvalue weighted by molar-refractivity contribution is 8.00. The van der Waals surface area contributed by atoms with E-state index in [4.69, 9.17) is 4.74 Å². The number of para-hydroxylation sites is 1. The van der Waals surface area contributed by atoms with Gasteiger partial charge in [0.05, 0.1) is 18.9 Å². The first-order valence-electron chi connectivity index (χ1n) is 9.26. The van der Waals surface area contributed by atoms with Gasteiger partial charge in [-0.3, -0.25) is 4.79 Å². The number of fused-ring (bicyclic) bond motifs is 1. The topological polar surface area (TPSA) is 41.6 Å². The highest BCUT2D eigenvalue weighted by Crippen LogP contribution is 2.27.